The molecule has 3 rings (SSSR count). The van der Waals surface area contributed by atoms with Crippen LogP contribution < -0.4 is 20.3 Å². The van der Waals surface area contributed by atoms with Gasteiger partial charge in [0, 0.05) is 12.7 Å². The summed E-state index contributed by atoms with van der Waals surface area (Å²) in [4.78, 5) is 25.4. The fourth-order valence-corrected chi connectivity index (χ4v) is 2.65. The Balaban J connectivity index is 0.00000176. The Hall–Kier alpha value is -1.79. The molecule has 2 aliphatic heterocycles. The Morgan fingerprint density at radius 1 is 1.41 bits per heavy atom. The first-order valence-electron chi connectivity index (χ1n) is 7.23. The van der Waals surface area contributed by atoms with Crippen LogP contribution in [0.1, 0.15) is 19.3 Å². The summed E-state index contributed by atoms with van der Waals surface area (Å²) in [5.41, 5.74) is 1.36. The standard InChI is InChI=1S/C15H19N3O3.ClH/c1-18-12-8-10(5-6-13(12)21-9-14(18)19)17-15(20)11-4-2-3-7-16-11;/h5-6,8,11,16H,2-4,7,9H2,1H3,(H,17,20);1H. The summed E-state index contributed by atoms with van der Waals surface area (Å²) in [6.07, 6.45) is 3.05. The molecule has 1 aromatic carbocycles. The van der Waals surface area contributed by atoms with Gasteiger partial charge < -0.3 is 20.3 Å². The molecule has 2 N–H and O–H groups in total. The number of halogens is 1. The van der Waals surface area contributed by atoms with Crippen molar-refractivity contribution in [3.05, 3.63) is 18.2 Å². The molecule has 0 saturated carbocycles. The maximum Gasteiger partial charge on any atom is 0.264 e. The highest BCUT2D eigenvalue weighted by Gasteiger charge is 2.24. The van der Waals surface area contributed by atoms with Gasteiger partial charge in [-0.15, -0.1) is 12.4 Å². The van der Waals surface area contributed by atoms with E-state index < -0.39 is 0 Å². The van der Waals surface area contributed by atoms with E-state index in [9.17, 15) is 9.59 Å². The highest BCUT2D eigenvalue weighted by Crippen LogP contribution is 2.33. The van der Waals surface area contributed by atoms with Gasteiger partial charge in [-0.1, -0.05) is 6.42 Å². The number of hydrogen-bond acceptors (Lipinski definition) is 4. The van der Waals surface area contributed by atoms with Gasteiger partial charge in [-0.25, -0.2) is 0 Å². The molecule has 1 saturated heterocycles. The van der Waals surface area contributed by atoms with Gasteiger partial charge in [-0.05, 0) is 37.6 Å². The van der Waals surface area contributed by atoms with Gasteiger partial charge in [-0.2, -0.15) is 0 Å². The SMILES string of the molecule is CN1C(=O)COc2ccc(NC(=O)C3CCCCN3)cc21.Cl. The first-order valence-corrected chi connectivity index (χ1v) is 7.23. The lowest BCUT2D eigenvalue weighted by Crippen LogP contribution is -2.43. The van der Waals surface area contributed by atoms with Crippen molar-refractivity contribution in [2.75, 3.05) is 30.4 Å². The molecule has 0 aliphatic carbocycles. The fraction of sp³-hybridized carbons (Fsp3) is 0.467. The van der Waals surface area contributed by atoms with Crippen LogP contribution in [0, 0.1) is 0 Å². The van der Waals surface area contributed by atoms with Crippen molar-refractivity contribution in [3.63, 3.8) is 0 Å². The highest BCUT2D eigenvalue weighted by atomic mass is 35.5. The minimum absolute atomic E-state index is 0. The van der Waals surface area contributed by atoms with Crippen molar-refractivity contribution in [1.82, 2.24) is 5.32 Å². The molecule has 0 radical (unpaired) electrons. The van der Waals surface area contributed by atoms with E-state index in [0.717, 1.165) is 25.8 Å². The highest BCUT2D eigenvalue weighted by molar-refractivity contribution is 6.00. The topological polar surface area (TPSA) is 70.7 Å². The second-order valence-electron chi connectivity index (χ2n) is 5.42. The lowest BCUT2D eigenvalue weighted by atomic mass is 10.0. The number of nitrogens with zero attached hydrogens (tertiary/aromatic N) is 1. The molecule has 2 amide bonds. The predicted molar refractivity (Wildman–Crippen MR) is 86.9 cm³/mol. The molecule has 120 valence electrons. The van der Waals surface area contributed by atoms with Crippen molar-refractivity contribution in [2.24, 2.45) is 0 Å². The number of nitrogens with one attached hydrogen (secondary N) is 2. The van der Waals surface area contributed by atoms with E-state index in [1.54, 1.807) is 30.1 Å². The average Bonchev–Trinajstić information content (AvgIpc) is 2.52. The zero-order valence-electron chi connectivity index (χ0n) is 12.4. The summed E-state index contributed by atoms with van der Waals surface area (Å²) in [6.45, 7) is 0.939. The molecule has 22 heavy (non-hydrogen) atoms. The second-order valence-corrected chi connectivity index (χ2v) is 5.42. The summed E-state index contributed by atoms with van der Waals surface area (Å²) < 4.78 is 5.37. The summed E-state index contributed by atoms with van der Waals surface area (Å²) in [5, 5.41) is 6.12. The second kappa shape index (κ2) is 6.98. The minimum Gasteiger partial charge on any atom is -0.482 e. The molecule has 1 aromatic rings. The van der Waals surface area contributed by atoms with Crippen LogP contribution in [0.3, 0.4) is 0 Å². The Labute approximate surface area is 135 Å². The number of hydrogen-bond donors (Lipinski definition) is 2. The van der Waals surface area contributed by atoms with E-state index in [2.05, 4.69) is 10.6 Å². The molecular formula is C15H20ClN3O3. The molecule has 2 aliphatic rings. The molecule has 7 heteroatoms. The number of piperidine rings is 1. The van der Waals surface area contributed by atoms with Crippen molar-refractivity contribution in [3.8, 4) is 5.75 Å². The third-order valence-corrected chi connectivity index (χ3v) is 3.94. The van der Waals surface area contributed by atoms with Crippen LogP contribution in [0.2, 0.25) is 0 Å². The number of ether oxygens (including phenoxy) is 1. The zero-order chi connectivity index (χ0) is 14.8. The van der Waals surface area contributed by atoms with Gasteiger partial charge in [-0.3, -0.25) is 9.59 Å². The van der Waals surface area contributed by atoms with E-state index in [0.29, 0.717) is 17.1 Å². The van der Waals surface area contributed by atoms with Gasteiger partial charge >= 0.3 is 0 Å². The average molecular weight is 326 g/mol. The molecule has 1 fully saturated rings. The number of benzene rings is 1. The minimum atomic E-state index is -0.134. The summed E-state index contributed by atoms with van der Waals surface area (Å²) >= 11 is 0. The van der Waals surface area contributed by atoms with E-state index in [-0.39, 0.29) is 36.9 Å². The number of carbonyl (C=O) groups excluding carboxylic acids is 2. The van der Waals surface area contributed by atoms with Crippen molar-refractivity contribution < 1.29 is 14.3 Å². The van der Waals surface area contributed by atoms with Crippen molar-refractivity contribution in [1.29, 1.82) is 0 Å². The maximum absolute atomic E-state index is 12.2. The maximum atomic E-state index is 12.2. The number of likely N-dealkylation sites (N-methyl/N-ethyl adjacent to an activating group) is 1. The number of rotatable bonds is 2. The smallest absolute Gasteiger partial charge is 0.264 e. The molecule has 0 spiro atoms. The first kappa shape index (κ1) is 16.6. The predicted octanol–water partition coefficient (Wildman–Crippen LogP) is 1.54. The first-order chi connectivity index (χ1) is 10.1. The Kier molecular flexibility index (Phi) is 5.26. The van der Waals surface area contributed by atoms with E-state index in [1.165, 1.54) is 0 Å². The zero-order valence-corrected chi connectivity index (χ0v) is 13.2. The Morgan fingerprint density at radius 2 is 2.23 bits per heavy atom. The Morgan fingerprint density at radius 3 is 2.95 bits per heavy atom. The molecule has 0 bridgehead atoms. The van der Waals surface area contributed by atoms with Crippen molar-refractivity contribution >= 4 is 35.6 Å². The third kappa shape index (κ3) is 3.34. The van der Waals surface area contributed by atoms with Gasteiger partial charge in [0.05, 0.1) is 11.7 Å². The van der Waals surface area contributed by atoms with E-state index >= 15 is 0 Å². The van der Waals surface area contributed by atoms with Crippen LogP contribution in [0.5, 0.6) is 5.75 Å². The number of carbonyl (C=O) groups is 2. The van der Waals surface area contributed by atoms with Crippen LogP contribution in [-0.2, 0) is 9.59 Å². The summed E-state index contributed by atoms with van der Waals surface area (Å²) in [7, 11) is 1.71. The van der Waals surface area contributed by atoms with Crippen LogP contribution >= 0.6 is 12.4 Å². The van der Waals surface area contributed by atoms with Gasteiger partial charge in [0.1, 0.15) is 5.75 Å². The molecule has 2 heterocycles. The monoisotopic (exact) mass is 325 g/mol. The van der Waals surface area contributed by atoms with Crippen LogP contribution in [0.25, 0.3) is 0 Å². The van der Waals surface area contributed by atoms with Gasteiger partial charge in [0.15, 0.2) is 6.61 Å². The van der Waals surface area contributed by atoms with Crippen LogP contribution in [-0.4, -0.2) is 38.1 Å². The molecular weight excluding hydrogens is 306 g/mol. The van der Waals surface area contributed by atoms with Crippen molar-refractivity contribution in [2.45, 2.75) is 25.3 Å². The normalized spacial score (nSPS) is 20.5. The quantitative estimate of drug-likeness (QED) is 0.865. The van der Waals surface area contributed by atoms with E-state index in [1.807, 2.05) is 0 Å². The van der Waals surface area contributed by atoms with Gasteiger partial charge in [0.25, 0.3) is 5.91 Å². The fourth-order valence-electron chi connectivity index (χ4n) is 2.65. The third-order valence-electron chi connectivity index (χ3n) is 3.94. The summed E-state index contributed by atoms with van der Waals surface area (Å²) in [6, 6.07) is 5.21. The molecule has 6 nitrogen and oxygen atoms in total. The largest absolute Gasteiger partial charge is 0.482 e. The molecule has 0 aromatic heterocycles. The number of anilines is 2. The summed E-state index contributed by atoms with van der Waals surface area (Å²) in [5.74, 6) is 0.533. The molecule has 1 unspecified atom stereocenters. The lowest BCUT2D eigenvalue weighted by molar-refractivity contribution is -0.121. The molecule has 1 atom stereocenters. The lowest BCUT2D eigenvalue weighted by Gasteiger charge is -2.27. The number of amides is 2. The van der Waals surface area contributed by atoms with Crippen LogP contribution in [0.4, 0.5) is 11.4 Å². The van der Waals surface area contributed by atoms with Crippen LogP contribution in [0.15, 0.2) is 18.2 Å². The van der Waals surface area contributed by atoms with E-state index in [4.69, 9.17) is 4.74 Å². The number of fused-ring (bicyclic) bond motifs is 1. The van der Waals surface area contributed by atoms with Gasteiger partial charge in [0.2, 0.25) is 5.91 Å². The Bertz CT molecular complexity index is 573.